The first kappa shape index (κ1) is 20.6. The van der Waals surface area contributed by atoms with Gasteiger partial charge >= 0.3 is 5.97 Å². The highest BCUT2D eigenvalue weighted by atomic mass is 16.6. The number of esters is 1. The molecule has 0 radical (unpaired) electrons. The zero-order valence-corrected chi connectivity index (χ0v) is 16.4. The van der Waals surface area contributed by atoms with Gasteiger partial charge in [0, 0.05) is 12.1 Å². The largest absolute Gasteiger partial charge is 0.458 e. The number of rotatable bonds is 6. The number of aromatic nitrogens is 2. The lowest BCUT2D eigenvalue weighted by atomic mass is 9.83. The molecular weight excluding hydrogens is 390 g/mol. The molecule has 0 spiro atoms. The van der Waals surface area contributed by atoms with E-state index < -0.39 is 16.8 Å². The average Bonchev–Trinajstić information content (AvgIpc) is 3.12. The van der Waals surface area contributed by atoms with Crippen molar-refractivity contribution in [1.82, 2.24) is 4.57 Å². The fraction of sp³-hybridized carbons (Fsp3) is 0.250. The number of nitro benzene ring substituents is 1. The van der Waals surface area contributed by atoms with E-state index in [1.807, 2.05) is 41.0 Å². The third-order valence-corrected chi connectivity index (χ3v) is 4.65. The predicted octanol–water partition coefficient (Wildman–Crippen LogP) is 1.55. The molecule has 0 saturated heterocycles. The van der Waals surface area contributed by atoms with Crippen molar-refractivity contribution >= 4 is 11.7 Å². The Morgan fingerprint density at radius 1 is 1.50 bits per heavy atom. The van der Waals surface area contributed by atoms with E-state index in [0.717, 1.165) is 0 Å². The summed E-state index contributed by atoms with van der Waals surface area (Å²) in [4.78, 5) is 23.5. The summed E-state index contributed by atoms with van der Waals surface area (Å²) >= 11 is 0. The summed E-state index contributed by atoms with van der Waals surface area (Å²) in [5.74, 6) is -1.58. The van der Waals surface area contributed by atoms with Gasteiger partial charge in [-0.25, -0.2) is 13.9 Å². The second-order valence-electron chi connectivity index (χ2n) is 6.70. The van der Waals surface area contributed by atoms with Gasteiger partial charge < -0.3 is 15.2 Å². The van der Waals surface area contributed by atoms with E-state index in [2.05, 4.69) is 0 Å². The first-order chi connectivity index (χ1) is 14.3. The maximum absolute atomic E-state index is 12.9. The number of carbonyl (C=O) groups is 1. The van der Waals surface area contributed by atoms with Crippen molar-refractivity contribution < 1.29 is 23.8 Å². The van der Waals surface area contributed by atoms with Gasteiger partial charge in [-0.1, -0.05) is 12.1 Å². The minimum absolute atomic E-state index is 0.00881. The van der Waals surface area contributed by atoms with E-state index in [-0.39, 0.29) is 35.1 Å². The van der Waals surface area contributed by atoms with Crippen molar-refractivity contribution in [2.45, 2.75) is 19.4 Å². The average molecular weight is 410 g/mol. The topological polar surface area (TPSA) is 137 Å². The number of hydrogen-bond donors (Lipinski definition) is 1. The van der Waals surface area contributed by atoms with E-state index in [0.29, 0.717) is 12.1 Å². The number of nitrogens with zero attached hydrogens (tertiary/aromatic N) is 4. The maximum atomic E-state index is 12.9. The Bertz CT molecular complexity index is 1110. The summed E-state index contributed by atoms with van der Waals surface area (Å²) < 4.78 is 14.5. The zero-order chi connectivity index (χ0) is 21.8. The first-order valence-electron chi connectivity index (χ1n) is 9.02. The van der Waals surface area contributed by atoms with Crippen molar-refractivity contribution in [3.05, 3.63) is 81.5 Å². The second kappa shape index (κ2) is 8.48. The highest BCUT2D eigenvalue weighted by molar-refractivity contribution is 5.92. The molecule has 1 unspecified atom stereocenters. The van der Waals surface area contributed by atoms with Crippen molar-refractivity contribution in [2.24, 2.45) is 12.8 Å². The van der Waals surface area contributed by atoms with Crippen LogP contribution in [-0.2, 0) is 27.9 Å². The number of carbonyl (C=O) groups excluding carboxylic acids is 1. The normalized spacial score (nSPS) is 16.1. The van der Waals surface area contributed by atoms with Gasteiger partial charge in [0.15, 0.2) is 0 Å². The quantitative estimate of drug-likeness (QED) is 0.330. The van der Waals surface area contributed by atoms with Crippen molar-refractivity contribution in [3.8, 4) is 6.07 Å². The van der Waals surface area contributed by atoms with Crippen LogP contribution in [-0.4, -0.2) is 22.1 Å². The number of allylic oxidation sites excluding steroid dienone is 2. The molecule has 3 rings (SSSR count). The number of ether oxygens (including phenoxy) is 2. The van der Waals surface area contributed by atoms with Crippen LogP contribution in [0.2, 0.25) is 0 Å². The van der Waals surface area contributed by atoms with E-state index in [4.69, 9.17) is 15.2 Å². The van der Waals surface area contributed by atoms with Gasteiger partial charge in [0.05, 0.1) is 23.5 Å². The Balaban J connectivity index is 1.90. The predicted molar refractivity (Wildman–Crippen MR) is 103 cm³/mol. The van der Waals surface area contributed by atoms with E-state index >= 15 is 0 Å². The number of imidazole rings is 1. The standard InChI is InChI=1S/C20H20N5O5/c1-13-17(20(26)29-9-8-24-7-6-23(2)12-24)18(16(11-21)19(22)30-13)14-4-3-5-15(10-14)25(27)28/h3-7,10,12,18H,8-9,22H2,1-2H3/q+1. The Morgan fingerprint density at radius 3 is 2.90 bits per heavy atom. The molecule has 1 aromatic carbocycles. The fourth-order valence-electron chi connectivity index (χ4n) is 3.25. The number of nitriles is 1. The molecule has 1 aromatic heterocycles. The fourth-order valence-corrected chi connectivity index (χ4v) is 3.25. The summed E-state index contributed by atoms with van der Waals surface area (Å²) in [7, 11) is 1.87. The first-order valence-corrected chi connectivity index (χ1v) is 9.02. The maximum Gasteiger partial charge on any atom is 0.338 e. The highest BCUT2D eigenvalue weighted by Gasteiger charge is 2.37. The molecule has 30 heavy (non-hydrogen) atoms. The molecule has 1 atom stereocenters. The number of nitrogens with two attached hydrogens (primary N) is 1. The van der Waals surface area contributed by atoms with Gasteiger partial charge in [0.1, 0.15) is 42.9 Å². The van der Waals surface area contributed by atoms with Crippen molar-refractivity contribution in [1.29, 1.82) is 5.26 Å². The van der Waals surface area contributed by atoms with Gasteiger partial charge in [0.25, 0.3) is 5.69 Å². The van der Waals surface area contributed by atoms with Crippen LogP contribution < -0.4 is 10.3 Å². The molecule has 154 valence electrons. The van der Waals surface area contributed by atoms with Crippen LogP contribution in [0.15, 0.2) is 65.8 Å². The highest BCUT2D eigenvalue weighted by Crippen LogP contribution is 2.40. The molecule has 1 aliphatic heterocycles. The van der Waals surface area contributed by atoms with E-state index in [1.165, 1.54) is 25.1 Å². The van der Waals surface area contributed by atoms with Crippen LogP contribution in [0.4, 0.5) is 5.69 Å². The third kappa shape index (κ3) is 4.15. The van der Waals surface area contributed by atoms with Gasteiger partial charge in [0.2, 0.25) is 12.2 Å². The number of benzene rings is 1. The van der Waals surface area contributed by atoms with Gasteiger partial charge in [-0.15, -0.1) is 0 Å². The molecule has 10 heteroatoms. The summed E-state index contributed by atoms with van der Waals surface area (Å²) in [5, 5.41) is 20.8. The van der Waals surface area contributed by atoms with Crippen LogP contribution in [0.5, 0.6) is 0 Å². The Morgan fingerprint density at radius 2 is 2.27 bits per heavy atom. The molecule has 0 saturated carbocycles. The molecule has 1 aliphatic rings. The molecule has 2 N–H and O–H groups in total. The van der Waals surface area contributed by atoms with Gasteiger partial charge in [-0.05, 0) is 12.5 Å². The lowest BCUT2D eigenvalue weighted by Crippen LogP contribution is -2.26. The monoisotopic (exact) mass is 410 g/mol. The Hall–Kier alpha value is -4.13. The van der Waals surface area contributed by atoms with Crippen LogP contribution in [0.1, 0.15) is 18.4 Å². The summed E-state index contributed by atoms with van der Waals surface area (Å²) in [6, 6.07) is 7.66. The molecule has 10 nitrogen and oxygen atoms in total. The molecular formula is C20H20N5O5+. The number of non-ortho nitro benzene ring substituents is 1. The van der Waals surface area contributed by atoms with Crippen molar-refractivity contribution in [3.63, 3.8) is 0 Å². The number of aryl methyl sites for hydroxylation is 1. The third-order valence-electron chi connectivity index (χ3n) is 4.65. The molecule has 0 fully saturated rings. The molecule has 2 heterocycles. The summed E-state index contributed by atoms with van der Waals surface area (Å²) in [5.41, 5.74) is 6.13. The van der Waals surface area contributed by atoms with Crippen LogP contribution in [0, 0.1) is 21.4 Å². The minimum atomic E-state index is -0.930. The molecule has 0 amide bonds. The smallest absolute Gasteiger partial charge is 0.338 e. The number of hydrogen-bond acceptors (Lipinski definition) is 7. The SMILES string of the molecule is CC1=C(C(=O)OCCn2cc[n+](C)c2)C(c2cccc([N+](=O)[O-])c2)C(C#N)=C(N)O1. The summed E-state index contributed by atoms with van der Waals surface area (Å²) in [6.07, 6.45) is 5.53. The molecule has 0 aliphatic carbocycles. The lowest BCUT2D eigenvalue weighted by molar-refractivity contribution is -0.671. The minimum Gasteiger partial charge on any atom is -0.458 e. The summed E-state index contributed by atoms with van der Waals surface area (Å²) in [6.45, 7) is 2.06. The van der Waals surface area contributed by atoms with Crippen LogP contribution in [0.25, 0.3) is 0 Å². The van der Waals surface area contributed by atoms with E-state index in [9.17, 15) is 20.2 Å². The van der Waals surface area contributed by atoms with Crippen molar-refractivity contribution in [2.75, 3.05) is 6.61 Å². The molecule has 2 aromatic rings. The molecule has 0 bridgehead atoms. The number of nitro groups is 1. The van der Waals surface area contributed by atoms with Crippen LogP contribution >= 0.6 is 0 Å². The Kier molecular flexibility index (Phi) is 5.83. The van der Waals surface area contributed by atoms with Crippen LogP contribution in [0.3, 0.4) is 0 Å². The second-order valence-corrected chi connectivity index (χ2v) is 6.70. The Labute approximate surface area is 172 Å². The van der Waals surface area contributed by atoms with Gasteiger partial charge in [-0.3, -0.25) is 10.1 Å². The van der Waals surface area contributed by atoms with E-state index in [1.54, 1.807) is 6.07 Å². The van der Waals surface area contributed by atoms with Gasteiger partial charge in [-0.2, -0.15) is 5.26 Å². The zero-order valence-electron chi connectivity index (χ0n) is 16.4. The lowest BCUT2D eigenvalue weighted by Gasteiger charge is -2.26.